The van der Waals surface area contributed by atoms with E-state index in [0.717, 1.165) is 19.3 Å². The molecule has 2 heterocycles. The van der Waals surface area contributed by atoms with Crippen LogP contribution in [0.4, 0.5) is 0 Å². The van der Waals surface area contributed by atoms with Gasteiger partial charge < -0.3 is 0 Å². The maximum Gasteiger partial charge on any atom is 0.263 e. The molecule has 2 atom stereocenters. The fraction of sp³-hybridized carbons (Fsp3) is 0.800. The van der Waals surface area contributed by atoms with Gasteiger partial charge in [-0.2, -0.15) is 4.31 Å². The highest BCUT2D eigenvalue weighted by Crippen LogP contribution is 2.31. The highest BCUT2D eigenvalue weighted by molar-refractivity contribution is 9.10. The van der Waals surface area contributed by atoms with Gasteiger partial charge in [0.15, 0.2) is 4.60 Å². The third-order valence-electron chi connectivity index (χ3n) is 3.37. The average Bonchev–Trinajstić information content (AvgIpc) is 2.58. The van der Waals surface area contributed by atoms with Crippen LogP contribution in [-0.2, 0) is 17.1 Å². The summed E-state index contributed by atoms with van der Waals surface area (Å²) < 4.78 is 28.6. The van der Waals surface area contributed by atoms with Crippen molar-refractivity contribution in [2.45, 2.75) is 50.2 Å². The molecule has 8 heteroatoms. The van der Waals surface area contributed by atoms with E-state index in [2.05, 4.69) is 26.2 Å². The quantitative estimate of drug-likeness (QED) is 0.821. The molecular weight excluding hydrogens is 320 g/mol. The molecule has 0 bridgehead atoms. The summed E-state index contributed by atoms with van der Waals surface area (Å²) in [6.07, 6.45) is 2.86. The second-order valence-electron chi connectivity index (χ2n) is 4.77. The van der Waals surface area contributed by atoms with Gasteiger partial charge in [-0.15, -0.1) is 5.10 Å². The molecule has 0 amide bonds. The molecule has 0 aromatic carbocycles. The Balaban J connectivity index is 2.48. The first kappa shape index (κ1) is 14.0. The first-order chi connectivity index (χ1) is 8.35. The molecule has 18 heavy (non-hydrogen) atoms. The molecule has 1 aromatic heterocycles. The molecule has 0 spiro atoms. The van der Waals surface area contributed by atoms with Crippen molar-refractivity contribution in [2.24, 2.45) is 7.05 Å². The van der Waals surface area contributed by atoms with Crippen molar-refractivity contribution in [2.75, 3.05) is 0 Å². The van der Waals surface area contributed by atoms with E-state index in [1.54, 1.807) is 11.4 Å². The Kier molecular flexibility index (Phi) is 3.80. The fourth-order valence-electron chi connectivity index (χ4n) is 2.57. The lowest BCUT2D eigenvalue weighted by molar-refractivity contribution is 0.203. The molecule has 102 valence electrons. The normalized spacial score (nSPS) is 26.4. The minimum absolute atomic E-state index is 0.0144. The average molecular weight is 337 g/mol. The van der Waals surface area contributed by atoms with E-state index in [4.69, 9.17) is 0 Å². The van der Waals surface area contributed by atoms with Gasteiger partial charge in [0.25, 0.3) is 10.0 Å². The molecule has 0 unspecified atom stereocenters. The SMILES string of the molecule is C[C@@H]1CCC[C@H](C)N1S(=O)(=O)c1c(Br)nnn1C. The van der Waals surface area contributed by atoms with Gasteiger partial charge in [-0.25, -0.2) is 13.1 Å². The summed E-state index contributed by atoms with van der Waals surface area (Å²) in [6.45, 7) is 3.90. The lowest BCUT2D eigenvalue weighted by atomic mass is 10.0. The molecule has 0 N–H and O–H groups in total. The summed E-state index contributed by atoms with van der Waals surface area (Å²) in [5.41, 5.74) is 0. The van der Waals surface area contributed by atoms with Crippen molar-refractivity contribution in [1.29, 1.82) is 0 Å². The first-order valence-corrected chi connectivity index (χ1v) is 8.17. The molecule has 1 aromatic rings. The lowest BCUT2D eigenvalue weighted by Gasteiger charge is -2.37. The summed E-state index contributed by atoms with van der Waals surface area (Å²) >= 11 is 3.16. The highest BCUT2D eigenvalue weighted by Gasteiger charge is 2.38. The second kappa shape index (κ2) is 4.90. The minimum Gasteiger partial charge on any atom is -0.235 e. The van der Waals surface area contributed by atoms with Gasteiger partial charge in [0, 0.05) is 19.1 Å². The number of sulfonamides is 1. The van der Waals surface area contributed by atoms with Gasteiger partial charge in [0.1, 0.15) is 0 Å². The molecule has 2 rings (SSSR count). The van der Waals surface area contributed by atoms with Crippen molar-refractivity contribution in [3.05, 3.63) is 4.60 Å². The second-order valence-corrected chi connectivity index (χ2v) is 7.28. The smallest absolute Gasteiger partial charge is 0.235 e. The number of rotatable bonds is 2. The first-order valence-electron chi connectivity index (χ1n) is 5.94. The van der Waals surface area contributed by atoms with Crippen LogP contribution in [0.25, 0.3) is 0 Å². The monoisotopic (exact) mass is 336 g/mol. The molecule has 6 nitrogen and oxygen atoms in total. The number of aromatic nitrogens is 3. The molecular formula is C10H17BrN4O2S. The third kappa shape index (κ3) is 2.21. The zero-order chi connectivity index (χ0) is 13.5. The predicted octanol–water partition coefficient (Wildman–Crippen LogP) is 1.53. The fourth-order valence-corrected chi connectivity index (χ4v) is 5.49. The van der Waals surface area contributed by atoms with Crippen LogP contribution in [0, 0.1) is 0 Å². The number of aryl methyl sites for hydroxylation is 1. The number of piperidine rings is 1. The summed E-state index contributed by atoms with van der Waals surface area (Å²) in [6, 6.07) is 0.0288. The molecule has 0 saturated carbocycles. The van der Waals surface area contributed by atoms with Crippen molar-refractivity contribution < 1.29 is 8.42 Å². The number of hydrogen-bond acceptors (Lipinski definition) is 4. The van der Waals surface area contributed by atoms with Crippen molar-refractivity contribution in [3.63, 3.8) is 0 Å². The van der Waals surface area contributed by atoms with E-state index in [0.29, 0.717) is 0 Å². The van der Waals surface area contributed by atoms with Crippen LogP contribution in [0.2, 0.25) is 0 Å². The van der Waals surface area contributed by atoms with Gasteiger partial charge in [0.2, 0.25) is 5.03 Å². The summed E-state index contributed by atoms with van der Waals surface area (Å²) in [5, 5.41) is 7.62. The Hall–Kier alpha value is -0.470. The molecule has 1 saturated heterocycles. The van der Waals surface area contributed by atoms with Crippen molar-refractivity contribution in [3.8, 4) is 0 Å². The van der Waals surface area contributed by atoms with Crippen LogP contribution in [-0.4, -0.2) is 39.8 Å². The molecule has 0 radical (unpaired) electrons. The summed E-state index contributed by atoms with van der Waals surface area (Å²) in [5.74, 6) is 0. The zero-order valence-electron chi connectivity index (χ0n) is 10.7. The Morgan fingerprint density at radius 1 is 1.28 bits per heavy atom. The van der Waals surface area contributed by atoms with Crippen LogP contribution in [0.1, 0.15) is 33.1 Å². The molecule has 1 aliphatic heterocycles. The molecule has 0 aliphatic carbocycles. The highest BCUT2D eigenvalue weighted by atomic mass is 79.9. The maximum atomic E-state index is 12.7. The number of halogens is 1. The van der Waals surface area contributed by atoms with Crippen LogP contribution in [0.15, 0.2) is 9.63 Å². The van der Waals surface area contributed by atoms with Gasteiger partial charge in [-0.1, -0.05) is 11.6 Å². The van der Waals surface area contributed by atoms with E-state index < -0.39 is 10.0 Å². The Labute approximate surface area is 116 Å². The summed E-state index contributed by atoms with van der Waals surface area (Å²) in [4.78, 5) is 0. The Bertz CT molecular complexity index is 513. The van der Waals surface area contributed by atoms with Gasteiger partial charge in [-0.05, 0) is 42.6 Å². The standard InChI is InChI=1S/C10H17BrN4O2S/c1-7-5-4-6-8(2)15(7)18(16,17)10-9(11)12-13-14(10)3/h7-8H,4-6H2,1-3H3/t7-,8+. The molecule has 1 aliphatic rings. The zero-order valence-corrected chi connectivity index (χ0v) is 13.1. The Morgan fingerprint density at radius 3 is 2.28 bits per heavy atom. The van der Waals surface area contributed by atoms with E-state index in [1.807, 2.05) is 13.8 Å². The lowest BCUT2D eigenvalue weighted by Crippen LogP contribution is -2.47. The topological polar surface area (TPSA) is 68.1 Å². The van der Waals surface area contributed by atoms with Crippen LogP contribution in [0.3, 0.4) is 0 Å². The van der Waals surface area contributed by atoms with E-state index in [9.17, 15) is 8.42 Å². The minimum atomic E-state index is -3.55. The van der Waals surface area contributed by atoms with E-state index >= 15 is 0 Å². The number of nitrogens with zero attached hydrogens (tertiary/aromatic N) is 4. The van der Waals surface area contributed by atoms with Crippen LogP contribution < -0.4 is 0 Å². The van der Waals surface area contributed by atoms with Gasteiger partial charge in [0.05, 0.1) is 0 Å². The largest absolute Gasteiger partial charge is 0.263 e. The number of hydrogen-bond donors (Lipinski definition) is 0. The Morgan fingerprint density at radius 2 is 1.83 bits per heavy atom. The third-order valence-corrected chi connectivity index (χ3v) is 6.39. The van der Waals surface area contributed by atoms with Gasteiger partial charge in [-0.3, -0.25) is 0 Å². The van der Waals surface area contributed by atoms with E-state index in [-0.39, 0.29) is 21.7 Å². The van der Waals surface area contributed by atoms with Gasteiger partial charge >= 0.3 is 0 Å². The molecule has 1 fully saturated rings. The van der Waals surface area contributed by atoms with E-state index in [1.165, 1.54) is 4.68 Å². The summed E-state index contributed by atoms with van der Waals surface area (Å²) in [7, 11) is -1.97. The van der Waals surface area contributed by atoms with Crippen molar-refractivity contribution in [1.82, 2.24) is 19.3 Å². The van der Waals surface area contributed by atoms with Crippen LogP contribution in [0.5, 0.6) is 0 Å². The predicted molar refractivity (Wildman–Crippen MR) is 70.5 cm³/mol. The van der Waals surface area contributed by atoms with Crippen LogP contribution >= 0.6 is 15.9 Å². The van der Waals surface area contributed by atoms with Crippen molar-refractivity contribution >= 4 is 26.0 Å². The maximum absolute atomic E-state index is 12.7.